The first kappa shape index (κ1) is 15.6. The van der Waals surface area contributed by atoms with Crippen molar-refractivity contribution in [2.24, 2.45) is 0 Å². The van der Waals surface area contributed by atoms with Gasteiger partial charge in [-0.15, -0.1) is 0 Å². The van der Waals surface area contributed by atoms with E-state index in [0.29, 0.717) is 22.6 Å². The number of para-hydroxylation sites is 1. The molecule has 114 valence electrons. The maximum absolute atomic E-state index is 11.4. The molecule has 0 saturated heterocycles. The van der Waals surface area contributed by atoms with Gasteiger partial charge in [-0.1, -0.05) is 30.3 Å². The van der Waals surface area contributed by atoms with E-state index in [-0.39, 0.29) is 12.2 Å². The zero-order chi connectivity index (χ0) is 15.9. The molecule has 0 bridgehead atoms. The van der Waals surface area contributed by atoms with E-state index in [1.807, 2.05) is 0 Å². The third-order valence-electron chi connectivity index (χ3n) is 2.95. The quantitative estimate of drug-likeness (QED) is 0.633. The molecular formula is C17H16O5. The van der Waals surface area contributed by atoms with E-state index in [4.69, 9.17) is 14.6 Å². The summed E-state index contributed by atoms with van der Waals surface area (Å²) in [6.07, 6.45) is 1.16. The minimum absolute atomic E-state index is 0.00332. The summed E-state index contributed by atoms with van der Waals surface area (Å²) in [6, 6.07) is 13.7. The smallest absolute Gasteiger partial charge is 0.339 e. The average molecular weight is 300 g/mol. The number of aliphatic carboxylic acids is 1. The van der Waals surface area contributed by atoms with Gasteiger partial charge in [0, 0.05) is 5.56 Å². The van der Waals surface area contributed by atoms with Crippen LogP contribution in [0.25, 0.3) is 5.57 Å². The van der Waals surface area contributed by atoms with Crippen molar-refractivity contribution in [3.05, 3.63) is 65.9 Å². The molecule has 2 N–H and O–H groups in total. The predicted octanol–water partition coefficient (Wildman–Crippen LogP) is 3.04. The molecule has 2 aromatic carbocycles. The Hall–Kier alpha value is -2.79. The molecule has 0 heterocycles. The van der Waals surface area contributed by atoms with Crippen LogP contribution < -0.4 is 4.74 Å². The molecule has 0 radical (unpaired) electrons. The third kappa shape index (κ3) is 3.65. The molecule has 5 nitrogen and oxygen atoms in total. The first-order valence-electron chi connectivity index (χ1n) is 6.59. The zero-order valence-electron chi connectivity index (χ0n) is 12.0. The number of aliphatic hydroxyl groups excluding tert-OH is 1. The molecule has 0 amide bonds. The second kappa shape index (κ2) is 7.28. The second-order valence-corrected chi connectivity index (χ2v) is 4.48. The molecule has 0 aliphatic rings. The lowest BCUT2D eigenvalue weighted by atomic mass is 10.1. The van der Waals surface area contributed by atoms with Crippen LogP contribution in [0.5, 0.6) is 11.5 Å². The molecule has 0 spiro atoms. The first-order valence-corrected chi connectivity index (χ1v) is 6.59. The van der Waals surface area contributed by atoms with Crippen molar-refractivity contribution in [1.29, 1.82) is 0 Å². The van der Waals surface area contributed by atoms with Gasteiger partial charge in [0.25, 0.3) is 0 Å². The van der Waals surface area contributed by atoms with E-state index >= 15 is 0 Å². The highest BCUT2D eigenvalue weighted by Gasteiger charge is 2.16. The Morgan fingerprint density at radius 1 is 1.18 bits per heavy atom. The van der Waals surface area contributed by atoms with Gasteiger partial charge in [-0.3, -0.25) is 0 Å². The summed E-state index contributed by atoms with van der Waals surface area (Å²) in [7, 11) is 1.39. The lowest BCUT2D eigenvalue weighted by Crippen LogP contribution is -2.02. The van der Waals surface area contributed by atoms with Crippen molar-refractivity contribution < 1.29 is 24.5 Å². The van der Waals surface area contributed by atoms with E-state index in [2.05, 4.69) is 0 Å². The van der Waals surface area contributed by atoms with Gasteiger partial charge in [-0.25, -0.2) is 4.79 Å². The molecule has 0 aromatic heterocycles. The normalized spacial score (nSPS) is 11.1. The van der Waals surface area contributed by atoms with Gasteiger partial charge in [-0.05, 0) is 23.8 Å². The number of hydrogen-bond donors (Lipinski definition) is 2. The minimum Gasteiger partial charge on any atom is -0.503 e. The molecule has 0 fully saturated rings. The van der Waals surface area contributed by atoms with Gasteiger partial charge in [-0.2, -0.15) is 0 Å². The minimum atomic E-state index is -1.11. The Morgan fingerprint density at radius 2 is 1.95 bits per heavy atom. The number of hydrogen-bond acceptors (Lipinski definition) is 4. The summed E-state index contributed by atoms with van der Waals surface area (Å²) >= 11 is 0. The van der Waals surface area contributed by atoms with Crippen molar-refractivity contribution in [2.75, 3.05) is 7.11 Å². The second-order valence-electron chi connectivity index (χ2n) is 4.48. The highest BCUT2D eigenvalue weighted by atomic mass is 16.5. The zero-order valence-corrected chi connectivity index (χ0v) is 12.0. The molecule has 22 heavy (non-hydrogen) atoms. The van der Waals surface area contributed by atoms with Gasteiger partial charge in [0.15, 0.2) is 0 Å². The van der Waals surface area contributed by atoms with Gasteiger partial charge in [0.05, 0.1) is 20.0 Å². The predicted molar refractivity (Wildman–Crippen MR) is 81.5 cm³/mol. The first-order chi connectivity index (χ1) is 10.7. The number of methoxy groups -OCH3 is 1. The number of ether oxygens (including phenoxy) is 2. The number of aliphatic hydroxyl groups is 1. The summed E-state index contributed by atoms with van der Waals surface area (Å²) in [5.74, 6) is -0.202. The maximum Gasteiger partial charge on any atom is 0.339 e. The van der Waals surface area contributed by atoms with Crippen LogP contribution in [0.1, 0.15) is 11.1 Å². The summed E-state index contributed by atoms with van der Waals surface area (Å²) in [6.45, 7) is -0.0944. The fourth-order valence-corrected chi connectivity index (χ4v) is 1.96. The molecule has 0 aliphatic carbocycles. The van der Waals surface area contributed by atoms with Crippen LogP contribution in [-0.4, -0.2) is 23.3 Å². The number of carbonyl (C=O) groups is 1. The number of carboxylic acid groups (broad SMARTS) is 1. The lowest BCUT2D eigenvalue weighted by Gasteiger charge is -2.12. The Balaban J connectivity index is 2.39. The maximum atomic E-state index is 11.4. The number of rotatable bonds is 6. The molecule has 5 heteroatoms. The highest BCUT2D eigenvalue weighted by molar-refractivity contribution is 6.15. The fraction of sp³-hybridized carbons (Fsp3) is 0.118. The van der Waals surface area contributed by atoms with Gasteiger partial charge in [0.1, 0.15) is 17.1 Å². The molecule has 2 aromatic rings. The van der Waals surface area contributed by atoms with Crippen LogP contribution in [0.2, 0.25) is 0 Å². The van der Waals surface area contributed by atoms with E-state index in [9.17, 15) is 9.90 Å². The van der Waals surface area contributed by atoms with E-state index in [1.54, 1.807) is 48.5 Å². The van der Waals surface area contributed by atoms with Crippen LogP contribution in [0.3, 0.4) is 0 Å². The summed E-state index contributed by atoms with van der Waals surface area (Å²) in [5, 5.41) is 18.4. The van der Waals surface area contributed by atoms with Gasteiger partial charge >= 0.3 is 5.97 Å². The number of benzene rings is 2. The molecule has 0 atom stereocenters. The molecular weight excluding hydrogens is 284 g/mol. The van der Waals surface area contributed by atoms with Crippen molar-refractivity contribution in [2.45, 2.75) is 6.61 Å². The van der Waals surface area contributed by atoms with Crippen molar-refractivity contribution in [3.8, 4) is 11.5 Å². The summed E-state index contributed by atoms with van der Waals surface area (Å²) in [4.78, 5) is 11.4. The highest BCUT2D eigenvalue weighted by Crippen LogP contribution is 2.30. The van der Waals surface area contributed by atoms with Crippen LogP contribution in [-0.2, 0) is 16.1 Å². The number of carboxylic acids is 1. The monoisotopic (exact) mass is 300 g/mol. The Labute approximate surface area is 128 Å². The van der Waals surface area contributed by atoms with Crippen LogP contribution >= 0.6 is 0 Å². The van der Waals surface area contributed by atoms with Crippen LogP contribution in [0.4, 0.5) is 0 Å². The summed E-state index contributed by atoms with van der Waals surface area (Å²) in [5.41, 5.74) is 1.11. The Morgan fingerprint density at radius 3 is 2.64 bits per heavy atom. The standard InChI is InChI=1S/C17H16O5/c1-21-11-15(17(19)20)14-7-2-3-8-16(14)22-13-6-4-5-12(9-13)10-18/h2-9,11,18H,10H2,1H3,(H,19,20). The SMILES string of the molecule is COC=C(C(=O)O)c1ccccc1Oc1cccc(CO)c1. The van der Waals surface area contributed by atoms with Crippen LogP contribution in [0, 0.1) is 0 Å². The average Bonchev–Trinajstić information content (AvgIpc) is 2.53. The fourth-order valence-electron chi connectivity index (χ4n) is 1.96. The molecule has 0 unspecified atom stereocenters. The third-order valence-corrected chi connectivity index (χ3v) is 2.95. The molecule has 2 rings (SSSR count). The van der Waals surface area contributed by atoms with E-state index < -0.39 is 5.97 Å². The van der Waals surface area contributed by atoms with Gasteiger partial charge in [0.2, 0.25) is 0 Å². The topological polar surface area (TPSA) is 76.0 Å². The van der Waals surface area contributed by atoms with Crippen LogP contribution in [0.15, 0.2) is 54.8 Å². The lowest BCUT2D eigenvalue weighted by molar-refractivity contribution is -0.130. The van der Waals surface area contributed by atoms with Crippen molar-refractivity contribution in [3.63, 3.8) is 0 Å². The Bertz CT molecular complexity index is 691. The Kier molecular flexibility index (Phi) is 5.16. The van der Waals surface area contributed by atoms with E-state index in [1.165, 1.54) is 7.11 Å². The van der Waals surface area contributed by atoms with E-state index in [0.717, 1.165) is 6.26 Å². The molecule has 0 aliphatic heterocycles. The molecule has 0 saturated carbocycles. The summed E-state index contributed by atoms with van der Waals surface area (Å²) < 4.78 is 10.6. The van der Waals surface area contributed by atoms with Gasteiger partial charge < -0.3 is 19.7 Å². The largest absolute Gasteiger partial charge is 0.503 e. The van der Waals surface area contributed by atoms with Crippen molar-refractivity contribution >= 4 is 11.5 Å². The van der Waals surface area contributed by atoms with Crippen molar-refractivity contribution in [1.82, 2.24) is 0 Å².